The molecule has 1 heterocycles. The molecule has 0 bridgehead atoms. The van der Waals surface area contributed by atoms with Crippen molar-refractivity contribution in [3.05, 3.63) is 0 Å². The predicted octanol–water partition coefficient (Wildman–Crippen LogP) is 0.829. The maximum Gasteiger partial charge on any atom is 0.166 e. The van der Waals surface area contributed by atoms with Gasteiger partial charge in [-0.05, 0) is 44.1 Å². The summed E-state index contributed by atoms with van der Waals surface area (Å²) in [5.41, 5.74) is 0. The van der Waals surface area contributed by atoms with Gasteiger partial charge < -0.3 is 20.3 Å². The van der Waals surface area contributed by atoms with Gasteiger partial charge in [0.2, 0.25) is 0 Å². The molecule has 1 rings (SSSR count). The monoisotopic (exact) mass is 259 g/mol. The fraction of sp³-hybridized carbons (Fsp3) is 0.917. The normalized spacial score (nSPS) is 18.0. The number of thiocarbonyl (C=S) groups is 1. The highest BCUT2D eigenvalue weighted by Gasteiger charge is 2.14. The number of nitrogens with zero attached hydrogens (tertiary/aromatic N) is 1. The van der Waals surface area contributed by atoms with Crippen LogP contribution in [0.3, 0.4) is 0 Å². The molecule has 5 heteroatoms. The molecule has 4 nitrogen and oxygen atoms in total. The van der Waals surface area contributed by atoms with Gasteiger partial charge in [0.1, 0.15) is 0 Å². The third-order valence-electron chi connectivity index (χ3n) is 2.97. The summed E-state index contributed by atoms with van der Waals surface area (Å²) >= 11 is 5.18. The maximum absolute atomic E-state index is 5.18. The van der Waals surface area contributed by atoms with Crippen LogP contribution in [0.2, 0.25) is 0 Å². The van der Waals surface area contributed by atoms with Crippen molar-refractivity contribution in [3.63, 3.8) is 0 Å². The van der Waals surface area contributed by atoms with Crippen LogP contribution in [-0.2, 0) is 4.74 Å². The summed E-state index contributed by atoms with van der Waals surface area (Å²) in [6, 6.07) is 0. The lowest BCUT2D eigenvalue weighted by Gasteiger charge is -2.21. The zero-order valence-corrected chi connectivity index (χ0v) is 11.8. The van der Waals surface area contributed by atoms with Gasteiger partial charge in [0.15, 0.2) is 5.11 Å². The standard InChI is InChI=1S/C12H25N3OS/c1-11(10-15-6-3-4-7-15)9-14-12(17)13-5-8-16-2/h11H,3-10H2,1-2H3,(H2,13,14,17). The van der Waals surface area contributed by atoms with Crippen molar-refractivity contribution in [2.45, 2.75) is 19.8 Å². The first-order valence-corrected chi connectivity index (χ1v) is 6.86. The van der Waals surface area contributed by atoms with Crippen molar-refractivity contribution < 1.29 is 4.74 Å². The summed E-state index contributed by atoms with van der Waals surface area (Å²) in [4.78, 5) is 2.54. The molecule has 17 heavy (non-hydrogen) atoms. The Bertz CT molecular complexity index is 220. The SMILES string of the molecule is COCCNC(=S)NCC(C)CN1CCCC1. The second-order valence-electron chi connectivity index (χ2n) is 4.74. The molecule has 1 fully saturated rings. The number of ether oxygens (including phenoxy) is 1. The Balaban J connectivity index is 2.01. The number of nitrogens with one attached hydrogen (secondary N) is 2. The lowest BCUT2D eigenvalue weighted by atomic mass is 10.1. The third kappa shape index (κ3) is 6.81. The molecule has 0 aromatic rings. The highest BCUT2D eigenvalue weighted by Crippen LogP contribution is 2.09. The van der Waals surface area contributed by atoms with Gasteiger partial charge in [0.25, 0.3) is 0 Å². The molecule has 1 aliphatic rings. The molecule has 0 saturated carbocycles. The Morgan fingerprint density at radius 2 is 2.06 bits per heavy atom. The predicted molar refractivity (Wildman–Crippen MR) is 75.3 cm³/mol. The Kier molecular flexibility index (Phi) is 7.48. The molecule has 1 aliphatic heterocycles. The van der Waals surface area contributed by atoms with Gasteiger partial charge in [-0.3, -0.25) is 0 Å². The van der Waals surface area contributed by atoms with Gasteiger partial charge in [0.05, 0.1) is 6.61 Å². The van der Waals surface area contributed by atoms with Crippen LogP contribution in [0.5, 0.6) is 0 Å². The quantitative estimate of drug-likeness (QED) is 0.523. The van der Waals surface area contributed by atoms with E-state index in [1.807, 2.05) is 0 Å². The summed E-state index contributed by atoms with van der Waals surface area (Å²) in [6.45, 7) is 8.36. The van der Waals surface area contributed by atoms with Crippen LogP contribution in [0.15, 0.2) is 0 Å². The van der Waals surface area contributed by atoms with Gasteiger partial charge in [-0.1, -0.05) is 6.92 Å². The van der Waals surface area contributed by atoms with E-state index in [4.69, 9.17) is 17.0 Å². The minimum absolute atomic E-state index is 0.635. The van der Waals surface area contributed by atoms with Gasteiger partial charge in [-0.25, -0.2) is 0 Å². The Labute approximate surface area is 110 Å². The molecule has 0 aromatic carbocycles. The van der Waals surface area contributed by atoms with Crippen molar-refractivity contribution in [3.8, 4) is 0 Å². The van der Waals surface area contributed by atoms with E-state index in [1.165, 1.54) is 32.5 Å². The molecule has 1 saturated heterocycles. The van der Waals surface area contributed by atoms with Gasteiger partial charge in [-0.2, -0.15) is 0 Å². The topological polar surface area (TPSA) is 36.5 Å². The highest BCUT2D eigenvalue weighted by atomic mass is 32.1. The lowest BCUT2D eigenvalue weighted by Crippen LogP contribution is -2.40. The zero-order valence-electron chi connectivity index (χ0n) is 11.0. The van der Waals surface area contributed by atoms with E-state index in [2.05, 4.69) is 22.5 Å². The van der Waals surface area contributed by atoms with Crippen LogP contribution < -0.4 is 10.6 Å². The molecule has 100 valence electrons. The highest BCUT2D eigenvalue weighted by molar-refractivity contribution is 7.80. The summed E-state index contributed by atoms with van der Waals surface area (Å²) in [6.07, 6.45) is 2.72. The van der Waals surface area contributed by atoms with E-state index < -0.39 is 0 Å². The molecular formula is C12H25N3OS. The van der Waals surface area contributed by atoms with E-state index in [1.54, 1.807) is 7.11 Å². The van der Waals surface area contributed by atoms with Crippen molar-refractivity contribution >= 4 is 17.3 Å². The van der Waals surface area contributed by atoms with Crippen LogP contribution >= 0.6 is 12.2 Å². The fourth-order valence-corrected chi connectivity index (χ4v) is 2.25. The number of rotatable bonds is 7. The average molecular weight is 259 g/mol. The van der Waals surface area contributed by atoms with Gasteiger partial charge in [-0.15, -0.1) is 0 Å². The summed E-state index contributed by atoms with van der Waals surface area (Å²) in [5, 5.41) is 7.10. The van der Waals surface area contributed by atoms with E-state index in [0.717, 1.165) is 18.2 Å². The Morgan fingerprint density at radius 1 is 1.35 bits per heavy atom. The van der Waals surface area contributed by atoms with Crippen molar-refractivity contribution in [1.82, 2.24) is 15.5 Å². The first-order valence-electron chi connectivity index (χ1n) is 6.45. The molecule has 1 atom stereocenters. The molecule has 2 N–H and O–H groups in total. The van der Waals surface area contributed by atoms with Crippen molar-refractivity contribution in [2.75, 3.05) is 46.4 Å². The van der Waals surface area contributed by atoms with E-state index in [0.29, 0.717) is 12.5 Å². The number of hydrogen-bond donors (Lipinski definition) is 2. The minimum atomic E-state index is 0.635. The Morgan fingerprint density at radius 3 is 2.71 bits per heavy atom. The molecule has 0 amide bonds. The second-order valence-corrected chi connectivity index (χ2v) is 5.15. The molecule has 1 unspecified atom stereocenters. The zero-order chi connectivity index (χ0) is 12.5. The van der Waals surface area contributed by atoms with Crippen molar-refractivity contribution in [2.24, 2.45) is 5.92 Å². The molecular weight excluding hydrogens is 234 g/mol. The minimum Gasteiger partial charge on any atom is -0.383 e. The van der Waals surface area contributed by atoms with Crippen LogP contribution in [0.25, 0.3) is 0 Å². The van der Waals surface area contributed by atoms with Gasteiger partial charge in [0, 0.05) is 26.7 Å². The van der Waals surface area contributed by atoms with Crippen molar-refractivity contribution in [1.29, 1.82) is 0 Å². The lowest BCUT2D eigenvalue weighted by molar-refractivity contribution is 0.204. The summed E-state index contributed by atoms with van der Waals surface area (Å²) in [5.74, 6) is 0.635. The summed E-state index contributed by atoms with van der Waals surface area (Å²) in [7, 11) is 1.69. The van der Waals surface area contributed by atoms with E-state index in [9.17, 15) is 0 Å². The smallest absolute Gasteiger partial charge is 0.166 e. The van der Waals surface area contributed by atoms with E-state index >= 15 is 0 Å². The first-order chi connectivity index (χ1) is 8.22. The first kappa shape index (κ1) is 14.7. The number of methoxy groups -OCH3 is 1. The average Bonchev–Trinajstić information content (AvgIpc) is 2.79. The molecule has 0 aliphatic carbocycles. The molecule has 0 aromatic heterocycles. The van der Waals surface area contributed by atoms with Gasteiger partial charge >= 0.3 is 0 Å². The third-order valence-corrected chi connectivity index (χ3v) is 3.26. The molecule has 0 spiro atoms. The van der Waals surface area contributed by atoms with Crippen LogP contribution in [-0.4, -0.2) is 56.5 Å². The van der Waals surface area contributed by atoms with E-state index in [-0.39, 0.29) is 0 Å². The second kappa shape index (κ2) is 8.66. The van der Waals surface area contributed by atoms with Crippen LogP contribution in [0, 0.1) is 5.92 Å². The fourth-order valence-electron chi connectivity index (χ4n) is 2.07. The van der Waals surface area contributed by atoms with Crippen LogP contribution in [0.4, 0.5) is 0 Å². The summed E-state index contributed by atoms with van der Waals surface area (Å²) < 4.78 is 4.95. The maximum atomic E-state index is 5.18. The number of hydrogen-bond acceptors (Lipinski definition) is 3. The largest absolute Gasteiger partial charge is 0.383 e. The van der Waals surface area contributed by atoms with Crippen LogP contribution in [0.1, 0.15) is 19.8 Å². The molecule has 0 radical (unpaired) electrons. The number of likely N-dealkylation sites (tertiary alicyclic amines) is 1. The Hall–Kier alpha value is -0.390.